The summed E-state index contributed by atoms with van der Waals surface area (Å²) in [5, 5.41) is 10.8. The van der Waals surface area contributed by atoms with Crippen LogP contribution in [0.3, 0.4) is 0 Å². The predicted octanol–water partition coefficient (Wildman–Crippen LogP) is 1.71. The van der Waals surface area contributed by atoms with Gasteiger partial charge in [-0.05, 0) is 30.5 Å². The minimum Gasteiger partial charge on any atom is -0.454 e. The van der Waals surface area contributed by atoms with Gasteiger partial charge < -0.3 is 19.3 Å². The number of aliphatic hydroxyl groups excluding tert-OH is 1. The number of methoxy groups -OCH3 is 1. The third-order valence-electron chi connectivity index (χ3n) is 5.78. The molecule has 1 fully saturated rings. The molecule has 22 heavy (non-hydrogen) atoms. The lowest BCUT2D eigenvalue weighted by Gasteiger charge is -2.47. The molecular formula is C17H19NO4. The molecule has 4 aliphatic rings. The van der Waals surface area contributed by atoms with Gasteiger partial charge in [-0.15, -0.1) is 0 Å². The Morgan fingerprint density at radius 3 is 2.95 bits per heavy atom. The first-order chi connectivity index (χ1) is 10.7. The van der Waals surface area contributed by atoms with Crippen LogP contribution in [-0.2, 0) is 10.2 Å². The Morgan fingerprint density at radius 1 is 1.32 bits per heavy atom. The lowest BCUT2D eigenvalue weighted by Crippen LogP contribution is -2.51. The van der Waals surface area contributed by atoms with Gasteiger partial charge in [-0.2, -0.15) is 0 Å². The van der Waals surface area contributed by atoms with Crippen LogP contribution >= 0.6 is 0 Å². The first-order valence-electron chi connectivity index (χ1n) is 7.83. The number of benzene rings is 1. The van der Waals surface area contributed by atoms with Gasteiger partial charge in [0.25, 0.3) is 0 Å². The molecule has 5 nitrogen and oxygen atoms in total. The molecule has 1 N–H and O–H groups in total. The van der Waals surface area contributed by atoms with Gasteiger partial charge in [-0.25, -0.2) is 0 Å². The Bertz CT molecular complexity index is 673. The predicted molar refractivity (Wildman–Crippen MR) is 78.9 cm³/mol. The molecule has 1 saturated heterocycles. The topological polar surface area (TPSA) is 51.2 Å². The SMILES string of the molecule is CO[C@H]1C=C[C@@]23CCN([C@H](O)c4cc5c(cc42)OCO5)[C@H]3C1. The number of fused-ring (bicyclic) bond motifs is 2. The van der Waals surface area contributed by atoms with E-state index in [9.17, 15) is 5.11 Å². The second-order valence-corrected chi connectivity index (χ2v) is 6.58. The van der Waals surface area contributed by atoms with E-state index in [0.29, 0.717) is 0 Å². The van der Waals surface area contributed by atoms with Gasteiger partial charge in [0.2, 0.25) is 6.79 Å². The van der Waals surface area contributed by atoms with Crippen LogP contribution in [0.25, 0.3) is 0 Å². The van der Waals surface area contributed by atoms with Gasteiger partial charge in [-0.3, -0.25) is 4.90 Å². The van der Waals surface area contributed by atoms with E-state index in [-0.39, 0.29) is 24.4 Å². The van der Waals surface area contributed by atoms with Crippen molar-refractivity contribution >= 4 is 0 Å². The molecule has 0 aromatic heterocycles. The van der Waals surface area contributed by atoms with Crippen LogP contribution in [0, 0.1) is 0 Å². The molecule has 3 heterocycles. The summed E-state index contributed by atoms with van der Waals surface area (Å²) in [7, 11) is 1.75. The number of ether oxygens (including phenoxy) is 3. The smallest absolute Gasteiger partial charge is 0.231 e. The minimum atomic E-state index is -0.575. The zero-order chi connectivity index (χ0) is 14.9. The normalized spacial score (nSPS) is 40.5. The molecule has 0 spiro atoms. The summed E-state index contributed by atoms with van der Waals surface area (Å²) in [5.41, 5.74) is 2.11. The zero-order valence-electron chi connectivity index (χ0n) is 12.5. The van der Waals surface area contributed by atoms with Crippen molar-refractivity contribution in [1.29, 1.82) is 0 Å². The van der Waals surface area contributed by atoms with Gasteiger partial charge >= 0.3 is 0 Å². The summed E-state index contributed by atoms with van der Waals surface area (Å²) < 4.78 is 16.6. The third kappa shape index (κ3) is 1.44. The van der Waals surface area contributed by atoms with Crippen molar-refractivity contribution in [3.63, 3.8) is 0 Å². The molecule has 1 unspecified atom stereocenters. The van der Waals surface area contributed by atoms with Crippen molar-refractivity contribution < 1.29 is 19.3 Å². The van der Waals surface area contributed by atoms with Gasteiger partial charge in [0.05, 0.1) is 6.10 Å². The standard InChI is InChI=1S/C17H19NO4/c1-20-10-2-3-17-4-5-18(15(17)6-10)16(19)11-7-13-14(8-12(11)17)22-9-21-13/h2-3,7-8,10,15-16,19H,4-6,9H2,1H3/t10-,15-,16+,17+/m0/s1. The maximum absolute atomic E-state index is 10.8. The van der Waals surface area contributed by atoms with Gasteiger partial charge in [0.15, 0.2) is 11.5 Å². The summed E-state index contributed by atoms with van der Waals surface area (Å²) in [6.45, 7) is 1.16. The van der Waals surface area contributed by atoms with Crippen LogP contribution < -0.4 is 9.47 Å². The molecule has 1 aromatic carbocycles. The van der Waals surface area contributed by atoms with Crippen molar-refractivity contribution in [2.45, 2.75) is 36.6 Å². The maximum atomic E-state index is 10.8. The third-order valence-corrected chi connectivity index (χ3v) is 5.78. The van der Waals surface area contributed by atoms with E-state index in [4.69, 9.17) is 14.2 Å². The van der Waals surface area contributed by atoms with E-state index in [0.717, 1.165) is 36.4 Å². The lowest BCUT2D eigenvalue weighted by atomic mass is 9.66. The second-order valence-electron chi connectivity index (χ2n) is 6.58. The Morgan fingerprint density at radius 2 is 2.14 bits per heavy atom. The molecule has 5 heteroatoms. The summed E-state index contributed by atoms with van der Waals surface area (Å²) in [4.78, 5) is 2.21. The second kappa shape index (κ2) is 4.25. The van der Waals surface area contributed by atoms with Crippen LogP contribution in [0.5, 0.6) is 11.5 Å². The highest BCUT2D eigenvalue weighted by Crippen LogP contribution is 2.56. The van der Waals surface area contributed by atoms with E-state index in [1.54, 1.807) is 7.11 Å². The highest BCUT2D eigenvalue weighted by Gasteiger charge is 2.56. The molecule has 2 bridgehead atoms. The summed E-state index contributed by atoms with van der Waals surface area (Å²) in [6.07, 6.45) is 5.95. The fraction of sp³-hybridized carbons (Fsp3) is 0.529. The summed E-state index contributed by atoms with van der Waals surface area (Å²) >= 11 is 0. The largest absolute Gasteiger partial charge is 0.454 e. The van der Waals surface area contributed by atoms with Crippen molar-refractivity contribution in [2.75, 3.05) is 20.4 Å². The van der Waals surface area contributed by atoms with Crippen LogP contribution in [0.15, 0.2) is 24.3 Å². The van der Waals surface area contributed by atoms with Crippen LogP contribution in [-0.4, -0.2) is 42.6 Å². The highest BCUT2D eigenvalue weighted by atomic mass is 16.7. The highest BCUT2D eigenvalue weighted by molar-refractivity contribution is 5.56. The van der Waals surface area contributed by atoms with E-state index in [1.807, 2.05) is 6.07 Å². The fourth-order valence-corrected chi connectivity index (χ4v) is 4.67. The number of rotatable bonds is 1. The first-order valence-corrected chi connectivity index (χ1v) is 7.83. The molecular weight excluding hydrogens is 282 g/mol. The van der Waals surface area contributed by atoms with Crippen LogP contribution in [0.4, 0.5) is 0 Å². The quantitative estimate of drug-likeness (QED) is 0.800. The van der Waals surface area contributed by atoms with E-state index >= 15 is 0 Å². The molecule has 0 radical (unpaired) electrons. The Labute approximate surface area is 129 Å². The average Bonchev–Trinajstić information content (AvgIpc) is 3.13. The van der Waals surface area contributed by atoms with Crippen molar-refractivity contribution in [3.8, 4) is 11.5 Å². The van der Waals surface area contributed by atoms with E-state index in [1.165, 1.54) is 5.56 Å². The van der Waals surface area contributed by atoms with Crippen LogP contribution in [0.2, 0.25) is 0 Å². The molecule has 0 amide bonds. The lowest BCUT2D eigenvalue weighted by molar-refractivity contribution is -0.0399. The molecule has 5 rings (SSSR count). The molecule has 1 aromatic rings. The van der Waals surface area contributed by atoms with Gasteiger partial charge in [0, 0.05) is 30.7 Å². The molecule has 5 atom stereocenters. The van der Waals surface area contributed by atoms with Crippen molar-refractivity contribution in [2.24, 2.45) is 0 Å². The number of hydrogen-bond acceptors (Lipinski definition) is 5. The Kier molecular flexibility index (Phi) is 2.50. The first kappa shape index (κ1) is 12.9. The van der Waals surface area contributed by atoms with Crippen molar-refractivity contribution in [3.05, 3.63) is 35.4 Å². The van der Waals surface area contributed by atoms with E-state index < -0.39 is 6.23 Å². The number of hydrogen-bond donors (Lipinski definition) is 1. The summed E-state index contributed by atoms with van der Waals surface area (Å²) in [6, 6.07) is 4.31. The Balaban J connectivity index is 1.72. The zero-order valence-corrected chi connectivity index (χ0v) is 12.5. The molecule has 116 valence electrons. The van der Waals surface area contributed by atoms with Gasteiger partial charge in [-0.1, -0.05) is 12.2 Å². The van der Waals surface area contributed by atoms with E-state index in [2.05, 4.69) is 23.1 Å². The Hall–Kier alpha value is -1.56. The number of nitrogens with zero attached hydrogens (tertiary/aromatic N) is 1. The molecule has 1 aliphatic carbocycles. The summed E-state index contributed by atoms with van der Waals surface area (Å²) in [5.74, 6) is 1.53. The fourth-order valence-electron chi connectivity index (χ4n) is 4.67. The maximum Gasteiger partial charge on any atom is 0.231 e. The molecule has 3 aliphatic heterocycles. The number of aliphatic hydroxyl groups is 1. The molecule has 0 saturated carbocycles. The van der Waals surface area contributed by atoms with Crippen molar-refractivity contribution in [1.82, 2.24) is 4.90 Å². The van der Waals surface area contributed by atoms with Crippen LogP contribution in [0.1, 0.15) is 30.2 Å². The average molecular weight is 301 g/mol. The van der Waals surface area contributed by atoms with Gasteiger partial charge in [0.1, 0.15) is 6.23 Å². The minimum absolute atomic E-state index is 0.0371. The monoisotopic (exact) mass is 301 g/mol.